The number of hydrogen-bond acceptors (Lipinski definition) is 6. The normalized spacial score (nSPS) is 10.4. The van der Waals surface area contributed by atoms with Crippen LogP contribution < -0.4 is 10.1 Å². The molecule has 0 aliphatic rings. The van der Waals surface area contributed by atoms with E-state index in [1.807, 2.05) is 31.2 Å². The Bertz CT molecular complexity index is 1010. The third-order valence-electron chi connectivity index (χ3n) is 3.60. The summed E-state index contributed by atoms with van der Waals surface area (Å²) in [4.78, 5) is 26.5. The van der Waals surface area contributed by atoms with Crippen LogP contribution >= 0.6 is 11.3 Å². The van der Waals surface area contributed by atoms with Crippen molar-refractivity contribution < 1.29 is 18.8 Å². The van der Waals surface area contributed by atoms with Crippen molar-refractivity contribution in [3.8, 4) is 17.0 Å². The molecule has 0 saturated heterocycles. The summed E-state index contributed by atoms with van der Waals surface area (Å²) < 4.78 is 19.5. The fraction of sp³-hybridized carbons (Fsp3) is 0.111. The molecule has 0 aliphatic carbocycles. The van der Waals surface area contributed by atoms with Gasteiger partial charge in [0, 0.05) is 17.0 Å². The van der Waals surface area contributed by atoms with Crippen molar-refractivity contribution in [2.75, 3.05) is 11.9 Å². The van der Waals surface area contributed by atoms with Gasteiger partial charge in [-0.15, -0.1) is 11.3 Å². The zero-order chi connectivity index (χ0) is 19.4. The van der Waals surface area contributed by atoms with Crippen molar-refractivity contribution in [2.24, 2.45) is 0 Å². The molecule has 1 amide bonds. The van der Waals surface area contributed by atoms with Crippen LogP contribution in [0, 0.1) is 15.9 Å². The van der Waals surface area contributed by atoms with Gasteiger partial charge in [0.2, 0.25) is 0 Å². The monoisotopic (exact) mass is 387 g/mol. The van der Waals surface area contributed by atoms with Gasteiger partial charge in [-0.1, -0.05) is 12.1 Å². The Kier molecular flexibility index (Phi) is 5.41. The van der Waals surface area contributed by atoms with E-state index in [1.165, 1.54) is 11.3 Å². The lowest BCUT2D eigenvalue weighted by Crippen LogP contribution is -2.13. The Balaban J connectivity index is 1.80. The van der Waals surface area contributed by atoms with Crippen molar-refractivity contribution in [2.45, 2.75) is 6.92 Å². The number of nitrogens with one attached hydrogen (secondary N) is 1. The van der Waals surface area contributed by atoms with Crippen molar-refractivity contribution in [3.63, 3.8) is 0 Å². The number of ether oxygens (including phenoxy) is 1. The smallest absolute Gasteiger partial charge is 0.272 e. The molecule has 9 heteroatoms. The third-order valence-corrected chi connectivity index (χ3v) is 4.35. The van der Waals surface area contributed by atoms with Crippen molar-refractivity contribution in [1.29, 1.82) is 0 Å². The highest BCUT2D eigenvalue weighted by Gasteiger charge is 2.18. The predicted molar refractivity (Wildman–Crippen MR) is 99.7 cm³/mol. The van der Waals surface area contributed by atoms with Crippen LogP contribution in [0.2, 0.25) is 0 Å². The molecule has 138 valence electrons. The first kappa shape index (κ1) is 18.5. The summed E-state index contributed by atoms with van der Waals surface area (Å²) >= 11 is 1.18. The number of rotatable bonds is 6. The highest BCUT2D eigenvalue weighted by atomic mass is 32.1. The standard InChI is InChI=1S/C18H14FN3O4S/c1-2-26-16-6-4-3-5-13(16)15-10-27-18(20-15)21-17(23)12-8-7-11(22(24)25)9-14(12)19/h3-10H,2H2,1H3,(H,20,21,23). The maximum atomic E-state index is 14.0. The Morgan fingerprint density at radius 3 is 2.81 bits per heavy atom. The average Bonchev–Trinajstić information content (AvgIpc) is 3.10. The van der Waals surface area contributed by atoms with Crippen LogP contribution in [0.5, 0.6) is 5.75 Å². The third kappa shape index (κ3) is 4.09. The summed E-state index contributed by atoms with van der Waals surface area (Å²) in [5, 5.41) is 15.2. The molecule has 1 N–H and O–H groups in total. The first-order valence-corrected chi connectivity index (χ1v) is 8.80. The number of carbonyl (C=O) groups is 1. The molecule has 0 unspecified atom stereocenters. The molecular formula is C18H14FN3O4S. The zero-order valence-corrected chi connectivity index (χ0v) is 15.0. The summed E-state index contributed by atoms with van der Waals surface area (Å²) in [5.41, 5.74) is 0.668. The van der Waals surface area contributed by atoms with E-state index in [0.29, 0.717) is 24.1 Å². The molecule has 0 radical (unpaired) electrons. The molecule has 0 fully saturated rings. The van der Waals surface area contributed by atoms with Gasteiger partial charge in [0.1, 0.15) is 11.6 Å². The van der Waals surface area contributed by atoms with Crippen molar-refractivity contribution in [3.05, 3.63) is 69.3 Å². The van der Waals surface area contributed by atoms with Gasteiger partial charge in [-0.25, -0.2) is 9.37 Å². The van der Waals surface area contributed by atoms with Gasteiger partial charge in [-0.2, -0.15) is 0 Å². The Labute approximate surface area is 157 Å². The minimum absolute atomic E-state index is 0.277. The highest BCUT2D eigenvalue weighted by molar-refractivity contribution is 7.14. The fourth-order valence-electron chi connectivity index (χ4n) is 2.38. The second-order valence-electron chi connectivity index (χ2n) is 5.34. The maximum Gasteiger partial charge on any atom is 0.272 e. The first-order chi connectivity index (χ1) is 13.0. The molecule has 2 aromatic carbocycles. The molecule has 3 rings (SSSR count). The zero-order valence-electron chi connectivity index (χ0n) is 14.1. The number of hydrogen-bond donors (Lipinski definition) is 1. The first-order valence-electron chi connectivity index (χ1n) is 7.92. The van der Waals surface area contributed by atoms with E-state index in [4.69, 9.17) is 4.74 Å². The number of nitro groups is 1. The summed E-state index contributed by atoms with van der Waals surface area (Å²) in [5.74, 6) is -1.04. The van der Waals surface area contributed by atoms with Gasteiger partial charge in [-0.3, -0.25) is 20.2 Å². The van der Waals surface area contributed by atoms with Crippen LogP contribution in [0.3, 0.4) is 0 Å². The topological polar surface area (TPSA) is 94.4 Å². The summed E-state index contributed by atoms with van der Waals surface area (Å²) in [6.07, 6.45) is 0. The van der Waals surface area contributed by atoms with E-state index < -0.39 is 22.3 Å². The van der Waals surface area contributed by atoms with E-state index >= 15 is 0 Å². The van der Waals surface area contributed by atoms with Crippen LogP contribution in [0.4, 0.5) is 15.2 Å². The molecule has 0 aliphatic heterocycles. The second kappa shape index (κ2) is 7.92. The van der Waals surface area contributed by atoms with Crippen molar-refractivity contribution >= 4 is 28.1 Å². The fourth-order valence-corrected chi connectivity index (χ4v) is 3.09. The maximum absolute atomic E-state index is 14.0. The number of anilines is 1. The van der Waals surface area contributed by atoms with E-state index in [2.05, 4.69) is 10.3 Å². The summed E-state index contributed by atoms with van der Waals surface area (Å²) in [7, 11) is 0. The molecule has 1 aromatic heterocycles. The van der Waals surface area contributed by atoms with E-state index in [0.717, 1.165) is 17.7 Å². The molecule has 7 nitrogen and oxygen atoms in total. The summed E-state index contributed by atoms with van der Waals surface area (Å²) in [6.45, 7) is 2.38. The number of para-hydroxylation sites is 1. The number of carbonyl (C=O) groups excluding carboxylic acids is 1. The quantitative estimate of drug-likeness (QED) is 0.496. The van der Waals surface area contributed by atoms with Gasteiger partial charge < -0.3 is 4.74 Å². The highest BCUT2D eigenvalue weighted by Crippen LogP contribution is 2.32. The van der Waals surface area contributed by atoms with Gasteiger partial charge in [0.15, 0.2) is 5.13 Å². The largest absolute Gasteiger partial charge is 0.493 e. The molecule has 27 heavy (non-hydrogen) atoms. The number of halogens is 1. The van der Waals surface area contributed by atoms with Gasteiger partial charge in [-0.05, 0) is 25.1 Å². The Hall–Kier alpha value is -3.33. The number of amides is 1. The minimum Gasteiger partial charge on any atom is -0.493 e. The molecule has 0 bridgehead atoms. The minimum atomic E-state index is -0.972. The number of thiazole rings is 1. The van der Waals surface area contributed by atoms with Crippen LogP contribution in [0.15, 0.2) is 47.8 Å². The second-order valence-corrected chi connectivity index (χ2v) is 6.20. The Morgan fingerprint density at radius 2 is 2.11 bits per heavy atom. The molecule has 0 saturated carbocycles. The van der Waals surface area contributed by atoms with Crippen LogP contribution in [0.1, 0.15) is 17.3 Å². The number of nitrogens with zero attached hydrogens (tertiary/aromatic N) is 2. The van der Waals surface area contributed by atoms with Gasteiger partial charge in [0.25, 0.3) is 11.6 Å². The van der Waals surface area contributed by atoms with Crippen LogP contribution in [-0.2, 0) is 0 Å². The van der Waals surface area contributed by atoms with Gasteiger partial charge >= 0.3 is 0 Å². The SMILES string of the molecule is CCOc1ccccc1-c1csc(NC(=O)c2ccc([N+](=O)[O-])cc2F)n1. The Morgan fingerprint density at radius 1 is 1.33 bits per heavy atom. The lowest BCUT2D eigenvalue weighted by atomic mass is 10.1. The molecular weight excluding hydrogens is 373 g/mol. The number of benzene rings is 2. The van der Waals surface area contributed by atoms with Crippen LogP contribution in [0.25, 0.3) is 11.3 Å². The van der Waals surface area contributed by atoms with Crippen molar-refractivity contribution in [1.82, 2.24) is 4.98 Å². The van der Waals surface area contributed by atoms with Gasteiger partial charge in [0.05, 0.1) is 28.9 Å². The molecule has 0 atom stereocenters. The average molecular weight is 387 g/mol. The molecule has 0 spiro atoms. The van der Waals surface area contributed by atoms with E-state index in [-0.39, 0.29) is 10.7 Å². The lowest BCUT2D eigenvalue weighted by molar-refractivity contribution is -0.385. The predicted octanol–water partition coefficient (Wildman–Crippen LogP) is 4.51. The number of nitro benzene ring substituents is 1. The summed E-state index contributed by atoms with van der Waals surface area (Å²) in [6, 6.07) is 10.2. The molecule has 1 heterocycles. The van der Waals surface area contributed by atoms with E-state index in [9.17, 15) is 19.3 Å². The number of non-ortho nitro benzene ring substituents is 1. The van der Waals surface area contributed by atoms with E-state index in [1.54, 1.807) is 5.38 Å². The number of aromatic nitrogens is 1. The molecule has 3 aromatic rings. The van der Waals surface area contributed by atoms with Crippen LogP contribution in [-0.4, -0.2) is 22.4 Å². The lowest BCUT2D eigenvalue weighted by Gasteiger charge is -2.07.